The van der Waals surface area contributed by atoms with Crippen molar-refractivity contribution in [2.45, 2.75) is 32.0 Å². The SMILES string of the molecule is CN(Cc1cccc(C(F)(F)F)c1)C(=O)NCCC1CCCOC1. The Hall–Kier alpha value is -1.76. The molecular weight excluding hydrogens is 321 g/mol. The van der Waals surface area contributed by atoms with Crippen molar-refractivity contribution >= 4 is 6.03 Å². The molecule has 2 rings (SSSR count). The summed E-state index contributed by atoms with van der Waals surface area (Å²) in [5.41, 5.74) is -0.255. The normalized spacial score (nSPS) is 18.2. The van der Waals surface area contributed by atoms with Crippen molar-refractivity contribution in [3.05, 3.63) is 35.4 Å². The molecule has 1 unspecified atom stereocenters. The minimum absolute atomic E-state index is 0.127. The van der Waals surface area contributed by atoms with E-state index in [0.717, 1.165) is 44.6 Å². The molecule has 7 heteroatoms. The van der Waals surface area contributed by atoms with Gasteiger partial charge in [0, 0.05) is 33.4 Å². The van der Waals surface area contributed by atoms with Gasteiger partial charge in [-0.05, 0) is 42.9 Å². The van der Waals surface area contributed by atoms with E-state index in [9.17, 15) is 18.0 Å². The summed E-state index contributed by atoms with van der Waals surface area (Å²) in [6.07, 6.45) is -1.37. The molecule has 0 radical (unpaired) electrons. The molecule has 24 heavy (non-hydrogen) atoms. The van der Waals surface area contributed by atoms with E-state index in [-0.39, 0.29) is 12.6 Å². The second-order valence-electron chi connectivity index (χ2n) is 6.16. The van der Waals surface area contributed by atoms with Crippen LogP contribution in [0.5, 0.6) is 0 Å². The molecular formula is C17H23F3N2O2. The molecule has 0 bridgehead atoms. The highest BCUT2D eigenvalue weighted by molar-refractivity contribution is 5.73. The first-order valence-electron chi connectivity index (χ1n) is 8.09. The van der Waals surface area contributed by atoms with E-state index in [1.54, 1.807) is 13.1 Å². The molecule has 1 aromatic rings. The summed E-state index contributed by atoms with van der Waals surface area (Å²) in [4.78, 5) is 13.4. The van der Waals surface area contributed by atoms with E-state index >= 15 is 0 Å². The molecule has 1 fully saturated rings. The van der Waals surface area contributed by atoms with Crippen LogP contribution in [0.25, 0.3) is 0 Å². The molecule has 1 N–H and O–H groups in total. The number of carbonyl (C=O) groups is 1. The number of nitrogens with one attached hydrogen (secondary N) is 1. The number of halogens is 3. The predicted octanol–water partition coefficient (Wildman–Crippen LogP) is 3.66. The van der Waals surface area contributed by atoms with Crippen LogP contribution in [0.4, 0.5) is 18.0 Å². The third-order valence-electron chi connectivity index (χ3n) is 4.10. The van der Waals surface area contributed by atoms with Crippen LogP contribution in [0.1, 0.15) is 30.4 Å². The van der Waals surface area contributed by atoms with Gasteiger partial charge in [0.1, 0.15) is 0 Å². The summed E-state index contributed by atoms with van der Waals surface area (Å²) >= 11 is 0. The summed E-state index contributed by atoms with van der Waals surface area (Å²) in [6.45, 7) is 2.21. The van der Waals surface area contributed by atoms with Gasteiger partial charge in [-0.2, -0.15) is 13.2 Å². The average molecular weight is 344 g/mol. The van der Waals surface area contributed by atoms with Crippen LogP contribution in [0.15, 0.2) is 24.3 Å². The van der Waals surface area contributed by atoms with Crippen LogP contribution in [0.2, 0.25) is 0 Å². The lowest BCUT2D eigenvalue weighted by molar-refractivity contribution is -0.137. The number of rotatable bonds is 5. The van der Waals surface area contributed by atoms with E-state index in [0.29, 0.717) is 18.0 Å². The second kappa shape index (κ2) is 8.37. The Kier molecular flexibility index (Phi) is 6.48. The summed E-state index contributed by atoms with van der Waals surface area (Å²) in [5.74, 6) is 0.466. The quantitative estimate of drug-likeness (QED) is 0.886. The predicted molar refractivity (Wildman–Crippen MR) is 84.5 cm³/mol. The molecule has 1 aliphatic rings. The standard InChI is InChI=1S/C17H23F3N2O2/c1-22(11-14-4-2-6-15(10-14)17(18,19)20)16(23)21-8-7-13-5-3-9-24-12-13/h2,4,6,10,13H,3,5,7-9,11-12H2,1H3,(H,21,23). The molecule has 1 saturated heterocycles. The van der Waals surface area contributed by atoms with Gasteiger partial charge in [0.05, 0.1) is 5.56 Å². The fraction of sp³-hybridized carbons (Fsp3) is 0.588. The Balaban J connectivity index is 1.78. The lowest BCUT2D eigenvalue weighted by Gasteiger charge is -2.23. The van der Waals surface area contributed by atoms with E-state index < -0.39 is 11.7 Å². The number of carbonyl (C=O) groups excluding carboxylic acids is 1. The van der Waals surface area contributed by atoms with E-state index in [2.05, 4.69) is 5.32 Å². The summed E-state index contributed by atoms with van der Waals surface area (Å²) in [5, 5.41) is 2.80. The fourth-order valence-corrected chi connectivity index (χ4v) is 2.74. The Labute approximate surface area is 140 Å². The zero-order valence-corrected chi connectivity index (χ0v) is 13.7. The minimum Gasteiger partial charge on any atom is -0.381 e. The first-order chi connectivity index (χ1) is 11.4. The molecule has 1 heterocycles. The van der Waals surface area contributed by atoms with Crippen LogP contribution in [0.3, 0.4) is 0 Å². The molecule has 1 atom stereocenters. The Morgan fingerprint density at radius 1 is 1.42 bits per heavy atom. The third kappa shape index (κ3) is 5.70. The molecule has 1 aliphatic heterocycles. The minimum atomic E-state index is -4.38. The van der Waals surface area contributed by atoms with Crippen LogP contribution in [0, 0.1) is 5.92 Å². The maximum absolute atomic E-state index is 12.7. The van der Waals surface area contributed by atoms with Gasteiger partial charge >= 0.3 is 12.2 Å². The van der Waals surface area contributed by atoms with Crippen LogP contribution < -0.4 is 5.32 Å². The molecule has 0 aliphatic carbocycles. The van der Waals surface area contributed by atoms with Crippen molar-refractivity contribution in [2.75, 3.05) is 26.8 Å². The molecule has 0 saturated carbocycles. The zero-order valence-electron chi connectivity index (χ0n) is 13.7. The monoisotopic (exact) mass is 344 g/mol. The topological polar surface area (TPSA) is 41.6 Å². The molecule has 134 valence electrons. The lowest BCUT2D eigenvalue weighted by atomic mass is 9.99. The first kappa shape index (κ1) is 18.6. The fourth-order valence-electron chi connectivity index (χ4n) is 2.74. The van der Waals surface area contributed by atoms with Crippen molar-refractivity contribution < 1.29 is 22.7 Å². The summed E-state index contributed by atoms with van der Waals surface area (Å²) in [6, 6.07) is 4.74. The van der Waals surface area contributed by atoms with Crippen molar-refractivity contribution in [1.82, 2.24) is 10.2 Å². The Bertz CT molecular complexity index is 543. The van der Waals surface area contributed by atoms with Gasteiger partial charge in [0.2, 0.25) is 0 Å². The summed E-state index contributed by atoms with van der Waals surface area (Å²) in [7, 11) is 1.57. The van der Waals surface area contributed by atoms with Gasteiger partial charge in [-0.25, -0.2) is 4.79 Å². The largest absolute Gasteiger partial charge is 0.416 e. The number of alkyl halides is 3. The lowest BCUT2D eigenvalue weighted by Crippen LogP contribution is -2.38. The number of amides is 2. The van der Waals surface area contributed by atoms with Gasteiger partial charge < -0.3 is 15.0 Å². The van der Waals surface area contributed by atoms with Crippen molar-refractivity contribution in [3.8, 4) is 0 Å². The van der Waals surface area contributed by atoms with Crippen LogP contribution in [-0.2, 0) is 17.5 Å². The Morgan fingerprint density at radius 3 is 2.88 bits per heavy atom. The van der Waals surface area contributed by atoms with E-state index in [1.807, 2.05) is 0 Å². The van der Waals surface area contributed by atoms with Gasteiger partial charge in [-0.15, -0.1) is 0 Å². The van der Waals surface area contributed by atoms with Crippen molar-refractivity contribution in [1.29, 1.82) is 0 Å². The number of benzene rings is 1. The van der Waals surface area contributed by atoms with Crippen LogP contribution >= 0.6 is 0 Å². The van der Waals surface area contributed by atoms with Gasteiger partial charge in [0.25, 0.3) is 0 Å². The van der Waals surface area contributed by atoms with E-state index in [1.165, 1.54) is 11.0 Å². The maximum Gasteiger partial charge on any atom is 0.416 e. The number of urea groups is 1. The van der Waals surface area contributed by atoms with Gasteiger partial charge in [-0.3, -0.25) is 0 Å². The van der Waals surface area contributed by atoms with Crippen molar-refractivity contribution in [2.24, 2.45) is 5.92 Å². The second-order valence-corrected chi connectivity index (χ2v) is 6.16. The molecule has 1 aromatic carbocycles. The van der Waals surface area contributed by atoms with Gasteiger partial charge in [-0.1, -0.05) is 12.1 Å². The molecule has 2 amide bonds. The molecule has 0 aromatic heterocycles. The number of ether oxygens (including phenoxy) is 1. The zero-order chi connectivity index (χ0) is 17.6. The highest BCUT2D eigenvalue weighted by Crippen LogP contribution is 2.29. The smallest absolute Gasteiger partial charge is 0.381 e. The number of nitrogens with zero attached hydrogens (tertiary/aromatic N) is 1. The molecule has 0 spiro atoms. The number of hydrogen-bond acceptors (Lipinski definition) is 2. The highest BCUT2D eigenvalue weighted by Gasteiger charge is 2.30. The maximum atomic E-state index is 12.7. The average Bonchev–Trinajstić information content (AvgIpc) is 2.55. The third-order valence-corrected chi connectivity index (χ3v) is 4.10. The van der Waals surface area contributed by atoms with Crippen LogP contribution in [-0.4, -0.2) is 37.7 Å². The Morgan fingerprint density at radius 2 is 2.21 bits per heavy atom. The summed E-state index contributed by atoms with van der Waals surface area (Å²) < 4.78 is 43.5. The highest BCUT2D eigenvalue weighted by atomic mass is 19.4. The molecule has 4 nitrogen and oxygen atoms in total. The number of hydrogen-bond donors (Lipinski definition) is 1. The first-order valence-corrected chi connectivity index (χ1v) is 8.09. The van der Waals surface area contributed by atoms with Crippen molar-refractivity contribution in [3.63, 3.8) is 0 Å². The van der Waals surface area contributed by atoms with Gasteiger partial charge in [0.15, 0.2) is 0 Å². The van der Waals surface area contributed by atoms with E-state index in [4.69, 9.17) is 4.74 Å².